The van der Waals surface area contributed by atoms with Crippen LogP contribution in [0.15, 0.2) is 61.1 Å². The lowest BCUT2D eigenvalue weighted by atomic mass is 9.97. The molecule has 1 aliphatic rings. The molecule has 0 aliphatic carbocycles. The lowest BCUT2D eigenvalue weighted by Crippen LogP contribution is -2.41. The first-order valence-electron chi connectivity index (χ1n) is 11.2. The highest BCUT2D eigenvalue weighted by molar-refractivity contribution is 5.33. The molecular formula is C25H33N5O. The zero-order valence-electron chi connectivity index (χ0n) is 18.7. The molecule has 0 amide bonds. The fraction of sp³-hybridized carbons (Fsp3) is 0.440. The van der Waals surface area contributed by atoms with E-state index >= 15 is 0 Å². The molecule has 1 unspecified atom stereocenters. The molecule has 3 heterocycles. The van der Waals surface area contributed by atoms with Gasteiger partial charge in [0.15, 0.2) is 0 Å². The molecule has 0 bridgehead atoms. The summed E-state index contributed by atoms with van der Waals surface area (Å²) in [5.74, 6) is 2.44. The van der Waals surface area contributed by atoms with E-state index in [2.05, 4.69) is 61.7 Å². The van der Waals surface area contributed by atoms with Crippen LogP contribution in [0.5, 0.6) is 5.75 Å². The number of aromatic nitrogens is 3. The van der Waals surface area contributed by atoms with Gasteiger partial charge < -0.3 is 14.5 Å². The standard InChI is InChI=1S/C25H33N5O/c1-28(20-23-10-6-16-30(23)25-26-13-7-14-27-25)18-21-8-5-15-29(19-21)17-12-22-9-3-4-11-24(22)31-2/h3-4,6-7,9-11,13-14,16,21H,5,8,12,15,17-20H2,1-2H3. The Morgan fingerprint density at radius 2 is 1.94 bits per heavy atom. The predicted octanol–water partition coefficient (Wildman–Crippen LogP) is 3.66. The van der Waals surface area contributed by atoms with E-state index < -0.39 is 0 Å². The summed E-state index contributed by atoms with van der Waals surface area (Å²) in [6.45, 7) is 5.45. The number of piperidine rings is 1. The third kappa shape index (κ3) is 5.71. The molecule has 1 fully saturated rings. The summed E-state index contributed by atoms with van der Waals surface area (Å²) < 4.78 is 7.59. The van der Waals surface area contributed by atoms with Gasteiger partial charge in [-0.3, -0.25) is 4.57 Å². The number of nitrogens with zero attached hydrogens (tertiary/aromatic N) is 5. The first kappa shape index (κ1) is 21.5. The van der Waals surface area contributed by atoms with E-state index in [0.717, 1.165) is 37.8 Å². The number of ether oxygens (including phenoxy) is 1. The Balaban J connectivity index is 1.29. The molecule has 0 saturated carbocycles. The van der Waals surface area contributed by atoms with Crippen LogP contribution in [-0.4, -0.2) is 64.7 Å². The molecule has 3 aromatic rings. The number of hydrogen-bond acceptors (Lipinski definition) is 5. The molecule has 1 aromatic carbocycles. The van der Waals surface area contributed by atoms with Gasteiger partial charge >= 0.3 is 0 Å². The third-order valence-electron chi connectivity index (χ3n) is 6.10. The van der Waals surface area contributed by atoms with Crippen LogP contribution in [0.1, 0.15) is 24.1 Å². The summed E-state index contributed by atoms with van der Waals surface area (Å²) >= 11 is 0. The molecule has 2 aromatic heterocycles. The van der Waals surface area contributed by atoms with Gasteiger partial charge in [0.1, 0.15) is 5.75 Å². The fourth-order valence-electron chi connectivity index (χ4n) is 4.63. The average Bonchev–Trinajstić information content (AvgIpc) is 3.26. The maximum Gasteiger partial charge on any atom is 0.233 e. The first-order chi connectivity index (χ1) is 15.2. The Morgan fingerprint density at radius 3 is 2.77 bits per heavy atom. The van der Waals surface area contributed by atoms with Crippen LogP contribution in [0, 0.1) is 5.92 Å². The lowest BCUT2D eigenvalue weighted by molar-refractivity contribution is 0.141. The molecule has 0 radical (unpaired) electrons. The highest BCUT2D eigenvalue weighted by atomic mass is 16.5. The number of para-hydroxylation sites is 1. The van der Waals surface area contributed by atoms with Gasteiger partial charge in [-0.25, -0.2) is 9.97 Å². The van der Waals surface area contributed by atoms with Crippen molar-refractivity contribution in [3.8, 4) is 11.7 Å². The Hall–Kier alpha value is -2.70. The quantitative estimate of drug-likeness (QED) is 0.530. The molecule has 31 heavy (non-hydrogen) atoms. The first-order valence-corrected chi connectivity index (χ1v) is 11.2. The molecule has 1 aliphatic heterocycles. The van der Waals surface area contributed by atoms with Crippen molar-refractivity contribution in [3.63, 3.8) is 0 Å². The van der Waals surface area contributed by atoms with E-state index in [1.807, 2.05) is 18.3 Å². The van der Waals surface area contributed by atoms with E-state index in [9.17, 15) is 0 Å². The number of methoxy groups -OCH3 is 1. The van der Waals surface area contributed by atoms with Crippen molar-refractivity contribution in [2.24, 2.45) is 5.92 Å². The molecule has 6 heteroatoms. The summed E-state index contributed by atoms with van der Waals surface area (Å²) in [7, 11) is 3.98. The predicted molar refractivity (Wildman–Crippen MR) is 124 cm³/mol. The molecule has 6 nitrogen and oxygen atoms in total. The van der Waals surface area contributed by atoms with Gasteiger partial charge in [0, 0.05) is 50.5 Å². The van der Waals surface area contributed by atoms with Crippen LogP contribution in [-0.2, 0) is 13.0 Å². The maximum absolute atomic E-state index is 5.51. The average molecular weight is 420 g/mol. The van der Waals surface area contributed by atoms with Gasteiger partial charge in [-0.15, -0.1) is 0 Å². The topological polar surface area (TPSA) is 46.4 Å². The van der Waals surface area contributed by atoms with Gasteiger partial charge in [0.05, 0.1) is 7.11 Å². The van der Waals surface area contributed by atoms with Crippen molar-refractivity contribution < 1.29 is 4.74 Å². The van der Waals surface area contributed by atoms with Crippen molar-refractivity contribution in [2.45, 2.75) is 25.8 Å². The van der Waals surface area contributed by atoms with Crippen molar-refractivity contribution in [3.05, 3.63) is 72.3 Å². The minimum absolute atomic E-state index is 0.702. The highest BCUT2D eigenvalue weighted by Crippen LogP contribution is 2.22. The van der Waals surface area contributed by atoms with Gasteiger partial charge in [0.2, 0.25) is 5.95 Å². The fourth-order valence-corrected chi connectivity index (χ4v) is 4.63. The smallest absolute Gasteiger partial charge is 0.233 e. The Morgan fingerprint density at radius 1 is 1.10 bits per heavy atom. The van der Waals surface area contributed by atoms with E-state index in [1.54, 1.807) is 19.5 Å². The van der Waals surface area contributed by atoms with Crippen LogP contribution in [0.3, 0.4) is 0 Å². The minimum Gasteiger partial charge on any atom is -0.496 e. The number of likely N-dealkylation sites (tertiary alicyclic amines) is 1. The molecule has 0 N–H and O–H groups in total. The number of hydrogen-bond donors (Lipinski definition) is 0. The molecular weight excluding hydrogens is 386 g/mol. The van der Waals surface area contributed by atoms with Gasteiger partial charge in [-0.1, -0.05) is 18.2 Å². The van der Waals surface area contributed by atoms with Gasteiger partial charge in [-0.05, 0) is 68.6 Å². The molecule has 4 rings (SSSR count). The van der Waals surface area contributed by atoms with Crippen molar-refractivity contribution in [2.75, 3.05) is 40.3 Å². The van der Waals surface area contributed by atoms with Crippen molar-refractivity contribution in [1.82, 2.24) is 24.3 Å². The second kappa shape index (κ2) is 10.6. The summed E-state index contributed by atoms with van der Waals surface area (Å²) in [4.78, 5) is 13.8. The highest BCUT2D eigenvalue weighted by Gasteiger charge is 2.21. The Kier molecular flexibility index (Phi) is 7.33. The van der Waals surface area contributed by atoms with Gasteiger partial charge in [-0.2, -0.15) is 0 Å². The number of rotatable bonds is 9. The van der Waals surface area contributed by atoms with Crippen molar-refractivity contribution in [1.29, 1.82) is 0 Å². The Labute approximate surface area is 185 Å². The summed E-state index contributed by atoms with van der Waals surface area (Å²) in [5.41, 5.74) is 2.52. The van der Waals surface area contributed by atoms with E-state index in [4.69, 9.17) is 4.74 Å². The van der Waals surface area contributed by atoms with Crippen LogP contribution < -0.4 is 4.74 Å². The normalized spacial score (nSPS) is 17.2. The molecule has 0 spiro atoms. The van der Waals surface area contributed by atoms with Crippen LogP contribution in [0.2, 0.25) is 0 Å². The summed E-state index contributed by atoms with van der Waals surface area (Å²) in [6, 6.07) is 14.4. The second-order valence-electron chi connectivity index (χ2n) is 8.49. The van der Waals surface area contributed by atoms with Crippen molar-refractivity contribution >= 4 is 0 Å². The maximum atomic E-state index is 5.51. The molecule has 164 valence electrons. The molecule has 1 atom stereocenters. The monoisotopic (exact) mass is 419 g/mol. The third-order valence-corrected chi connectivity index (χ3v) is 6.10. The summed E-state index contributed by atoms with van der Waals surface area (Å²) in [6.07, 6.45) is 9.24. The van der Waals surface area contributed by atoms with Crippen LogP contribution >= 0.6 is 0 Å². The lowest BCUT2D eigenvalue weighted by Gasteiger charge is -2.35. The SMILES string of the molecule is COc1ccccc1CCN1CCCC(CN(C)Cc2cccn2-c2ncccn2)C1. The van der Waals surface area contributed by atoms with E-state index in [1.165, 1.54) is 37.2 Å². The largest absolute Gasteiger partial charge is 0.496 e. The molecule has 1 saturated heterocycles. The second-order valence-corrected chi connectivity index (χ2v) is 8.49. The Bertz CT molecular complexity index is 942. The zero-order valence-corrected chi connectivity index (χ0v) is 18.7. The summed E-state index contributed by atoms with van der Waals surface area (Å²) in [5, 5.41) is 0. The van der Waals surface area contributed by atoms with E-state index in [0.29, 0.717) is 5.92 Å². The van der Waals surface area contributed by atoms with Gasteiger partial charge in [0.25, 0.3) is 0 Å². The minimum atomic E-state index is 0.702. The number of benzene rings is 1. The van der Waals surface area contributed by atoms with Crippen LogP contribution in [0.25, 0.3) is 5.95 Å². The van der Waals surface area contributed by atoms with Crippen LogP contribution in [0.4, 0.5) is 0 Å². The zero-order chi connectivity index (χ0) is 21.5. The van der Waals surface area contributed by atoms with E-state index in [-0.39, 0.29) is 0 Å².